The maximum atomic E-state index is 12.0. The lowest BCUT2D eigenvalue weighted by Crippen LogP contribution is -2.31. The molecule has 0 spiro atoms. The molecule has 2 aromatic rings. The van der Waals surface area contributed by atoms with E-state index in [1.54, 1.807) is 18.2 Å². The van der Waals surface area contributed by atoms with E-state index in [2.05, 4.69) is 26.1 Å². The molecule has 5 nitrogen and oxygen atoms in total. The fourth-order valence-corrected chi connectivity index (χ4v) is 2.46. The van der Waals surface area contributed by atoms with Gasteiger partial charge in [-0.05, 0) is 42.2 Å². The Hall–Kier alpha value is -2.82. The molecule has 144 valence electrons. The quantitative estimate of drug-likeness (QED) is 0.598. The van der Waals surface area contributed by atoms with E-state index in [1.165, 1.54) is 5.56 Å². The fourth-order valence-electron chi connectivity index (χ4n) is 2.46. The molecular weight excluding hydrogens is 342 g/mol. The maximum absolute atomic E-state index is 12.0. The molecule has 27 heavy (non-hydrogen) atoms. The Kier molecular flexibility index (Phi) is 6.99. The molecule has 5 heteroatoms. The van der Waals surface area contributed by atoms with Crippen LogP contribution in [0.2, 0.25) is 0 Å². The van der Waals surface area contributed by atoms with Crippen molar-refractivity contribution in [2.45, 2.75) is 33.1 Å². The molecule has 2 rings (SSSR count). The molecule has 0 aliphatic rings. The summed E-state index contributed by atoms with van der Waals surface area (Å²) in [7, 11) is 0. The van der Waals surface area contributed by atoms with Crippen molar-refractivity contribution < 1.29 is 19.1 Å². The normalized spacial score (nSPS) is 11.0. The Balaban J connectivity index is 1.67. The number of aryl methyl sites for hydroxylation is 1. The van der Waals surface area contributed by atoms with E-state index in [0.29, 0.717) is 5.56 Å². The molecule has 1 amide bonds. The summed E-state index contributed by atoms with van der Waals surface area (Å²) in [6.07, 6.45) is 0. The van der Waals surface area contributed by atoms with Crippen molar-refractivity contribution in [2.75, 3.05) is 19.8 Å². The third kappa shape index (κ3) is 6.77. The largest absolute Gasteiger partial charge is 0.490 e. The van der Waals surface area contributed by atoms with E-state index in [1.807, 2.05) is 37.3 Å². The molecule has 2 aromatic carbocycles. The van der Waals surface area contributed by atoms with E-state index in [4.69, 9.17) is 9.47 Å². The average Bonchev–Trinajstić information content (AvgIpc) is 2.63. The van der Waals surface area contributed by atoms with E-state index >= 15 is 0 Å². The Labute approximate surface area is 160 Å². The standard InChI is InChI=1S/C22H27NO4/c1-16-6-5-7-17(14-16)21(25)23-15-20(24)27-13-12-26-19-10-8-18(9-11-19)22(2,3)4/h5-11,14H,12-13,15H2,1-4H3,(H,23,25). The summed E-state index contributed by atoms with van der Waals surface area (Å²) < 4.78 is 10.6. The van der Waals surface area contributed by atoms with E-state index in [0.717, 1.165) is 11.3 Å². The zero-order chi connectivity index (χ0) is 19.9. The molecule has 0 radical (unpaired) electrons. The smallest absolute Gasteiger partial charge is 0.325 e. The number of amides is 1. The van der Waals surface area contributed by atoms with Crippen LogP contribution in [0.25, 0.3) is 0 Å². The third-order valence-corrected chi connectivity index (χ3v) is 4.01. The summed E-state index contributed by atoms with van der Waals surface area (Å²) >= 11 is 0. The van der Waals surface area contributed by atoms with Crippen molar-refractivity contribution in [1.82, 2.24) is 5.32 Å². The van der Waals surface area contributed by atoms with Crippen molar-refractivity contribution >= 4 is 11.9 Å². The first-order chi connectivity index (χ1) is 12.8. The summed E-state index contributed by atoms with van der Waals surface area (Å²) in [4.78, 5) is 23.7. The van der Waals surface area contributed by atoms with Gasteiger partial charge in [0.15, 0.2) is 0 Å². The second kappa shape index (κ2) is 9.21. The van der Waals surface area contributed by atoms with Crippen LogP contribution in [0, 0.1) is 6.92 Å². The molecule has 0 atom stereocenters. The van der Waals surface area contributed by atoms with Crippen LogP contribution in [0.1, 0.15) is 42.3 Å². The van der Waals surface area contributed by atoms with Crippen LogP contribution in [-0.2, 0) is 14.9 Å². The summed E-state index contributed by atoms with van der Waals surface area (Å²) in [5, 5.41) is 2.55. The van der Waals surface area contributed by atoms with Gasteiger partial charge in [-0.1, -0.05) is 50.6 Å². The molecule has 0 fully saturated rings. The monoisotopic (exact) mass is 369 g/mol. The predicted octanol–water partition coefficient (Wildman–Crippen LogP) is 3.64. The number of hydrogen-bond donors (Lipinski definition) is 1. The average molecular weight is 369 g/mol. The van der Waals surface area contributed by atoms with Gasteiger partial charge in [-0.15, -0.1) is 0 Å². The highest BCUT2D eigenvalue weighted by atomic mass is 16.6. The van der Waals surface area contributed by atoms with Gasteiger partial charge in [-0.3, -0.25) is 9.59 Å². The Morgan fingerprint density at radius 2 is 1.70 bits per heavy atom. The zero-order valence-corrected chi connectivity index (χ0v) is 16.4. The van der Waals surface area contributed by atoms with Crippen molar-refractivity contribution in [2.24, 2.45) is 0 Å². The van der Waals surface area contributed by atoms with Crippen molar-refractivity contribution in [3.05, 3.63) is 65.2 Å². The highest BCUT2D eigenvalue weighted by molar-refractivity contribution is 5.96. The minimum atomic E-state index is -0.498. The van der Waals surface area contributed by atoms with Crippen LogP contribution in [0.3, 0.4) is 0 Å². The van der Waals surface area contributed by atoms with Crippen LogP contribution in [-0.4, -0.2) is 31.6 Å². The van der Waals surface area contributed by atoms with E-state index < -0.39 is 5.97 Å². The molecular formula is C22H27NO4. The number of hydrogen-bond acceptors (Lipinski definition) is 4. The summed E-state index contributed by atoms with van der Waals surface area (Å²) in [6.45, 7) is 8.57. The molecule has 0 aromatic heterocycles. The summed E-state index contributed by atoms with van der Waals surface area (Å²) in [5.74, 6) is -0.0691. The van der Waals surface area contributed by atoms with Crippen LogP contribution in [0.5, 0.6) is 5.75 Å². The minimum absolute atomic E-state index is 0.0942. The highest BCUT2D eigenvalue weighted by Gasteiger charge is 2.13. The Morgan fingerprint density at radius 3 is 2.33 bits per heavy atom. The van der Waals surface area contributed by atoms with Gasteiger partial charge < -0.3 is 14.8 Å². The van der Waals surface area contributed by atoms with Crippen LogP contribution >= 0.6 is 0 Å². The Bertz CT molecular complexity index is 776. The first kappa shape index (κ1) is 20.5. The number of carbonyl (C=O) groups is 2. The summed E-state index contributed by atoms with van der Waals surface area (Å²) in [5.41, 5.74) is 2.82. The van der Waals surface area contributed by atoms with Gasteiger partial charge in [-0.2, -0.15) is 0 Å². The lowest BCUT2D eigenvalue weighted by atomic mass is 9.87. The minimum Gasteiger partial charge on any atom is -0.490 e. The number of benzene rings is 2. The van der Waals surface area contributed by atoms with Crippen molar-refractivity contribution in [3.63, 3.8) is 0 Å². The van der Waals surface area contributed by atoms with Crippen molar-refractivity contribution in [1.29, 1.82) is 0 Å². The highest BCUT2D eigenvalue weighted by Crippen LogP contribution is 2.24. The van der Waals surface area contributed by atoms with E-state index in [9.17, 15) is 9.59 Å². The van der Waals surface area contributed by atoms with Crippen LogP contribution in [0.15, 0.2) is 48.5 Å². The first-order valence-corrected chi connectivity index (χ1v) is 8.99. The third-order valence-electron chi connectivity index (χ3n) is 4.01. The molecule has 1 N–H and O–H groups in total. The molecule has 0 aliphatic heterocycles. The van der Waals surface area contributed by atoms with Gasteiger partial charge in [-0.25, -0.2) is 0 Å². The first-order valence-electron chi connectivity index (χ1n) is 8.99. The number of ether oxygens (including phenoxy) is 2. The molecule has 0 saturated carbocycles. The number of carbonyl (C=O) groups excluding carboxylic acids is 2. The SMILES string of the molecule is Cc1cccc(C(=O)NCC(=O)OCCOc2ccc(C(C)(C)C)cc2)c1. The number of rotatable bonds is 7. The lowest BCUT2D eigenvalue weighted by Gasteiger charge is -2.19. The molecule has 0 aliphatic carbocycles. The van der Waals surface area contributed by atoms with Gasteiger partial charge in [0.2, 0.25) is 0 Å². The molecule has 0 unspecified atom stereocenters. The lowest BCUT2D eigenvalue weighted by molar-refractivity contribution is -0.143. The molecule has 0 saturated heterocycles. The van der Waals surface area contributed by atoms with Gasteiger partial charge >= 0.3 is 5.97 Å². The van der Waals surface area contributed by atoms with Gasteiger partial charge in [0, 0.05) is 5.56 Å². The topological polar surface area (TPSA) is 64.6 Å². The number of esters is 1. The van der Waals surface area contributed by atoms with Gasteiger partial charge in [0.05, 0.1) is 0 Å². The second-order valence-corrected chi connectivity index (χ2v) is 7.40. The zero-order valence-electron chi connectivity index (χ0n) is 16.4. The molecule has 0 heterocycles. The predicted molar refractivity (Wildman–Crippen MR) is 105 cm³/mol. The maximum Gasteiger partial charge on any atom is 0.325 e. The van der Waals surface area contributed by atoms with Crippen molar-refractivity contribution in [3.8, 4) is 5.75 Å². The molecule has 0 bridgehead atoms. The van der Waals surface area contributed by atoms with Crippen LogP contribution in [0.4, 0.5) is 0 Å². The number of nitrogens with one attached hydrogen (secondary N) is 1. The van der Waals surface area contributed by atoms with Crippen LogP contribution < -0.4 is 10.1 Å². The summed E-state index contributed by atoms with van der Waals surface area (Å²) in [6, 6.07) is 15.0. The fraction of sp³-hybridized carbons (Fsp3) is 0.364. The van der Waals surface area contributed by atoms with Gasteiger partial charge in [0.25, 0.3) is 5.91 Å². The second-order valence-electron chi connectivity index (χ2n) is 7.40. The Morgan fingerprint density at radius 1 is 1.00 bits per heavy atom. The van der Waals surface area contributed by atoms with Gasteiger partial charge in [0.1, 0.15) is 25.5 Å². The van der Waals surface area contributed by atoms with E-state index in [-0.39, 0.29) is 31.1 Å².